The number of carbonyl (C=O) groups is 3. The largest absolute Gasteiger partial charge is 0.462 e. The van der Waals surface area contributed by atoms with Crippen molar-refractivity contribution in [3.8, 4) is 0 Å². The minimum Gasteiger partial charge on any atom is -0.462 e. The maximum Gasteiger partial charge on any atom is 0.306 e. The molecule has 0 aromatic heterocycles. The predicted molar refractivity (Wildman–Crippen MR) is 247 cm³/mol. The van der Waals surface area contributed by atoms with E-state index >= 15 is 0 Å². The summed E-state index contributed by atoms with van der Waals surface area (Å²) < 4.78 is 16.8. The van der Waals surface area contributed by atoms with Gasteiger partial charge >= 0.3 is 17.9 Å². The first-order chi connectivity index (χ1) is 28.5. The zero-order chi connectivity index (χ0) is 42.3. The summed E-state index contributed by atoms with van der Waals surface area (Å²) >= 11 is 0. The van der Waals surface area contributed by atoms with Gasteiger partial charge in [0.25, 0.3) is 0 Å². The van der Waals surface area contributed by atoms with Crippen LogP contribution in [0.1, 0.15) is 271 Å². The van der Waals surface area contributed by atoms with Crippen LogP contribution in [0.4, 0.5) is 0 Å². The van der Waals surface area contributed by atoms with Crippen molar-refractivity contribution in [2.45, 2.75) is 277 Å². The summed E-state index contributed by atoms with van der Waals surface area (Å²) in [6, 6.07) is 0. The van der Waals surface area contributed by atoms with Crippen LogP contribution in [0.2, 0.25) is 0 Å². The third-order valence-electron chi connectivity index (χ3n) is 11.2. The van der Waals surface area contributed by atoms with Crippen LogP contribution in [0.25, 0.3) is 0 Å². The molecule has 58 heavy (non-hydrogen) atoms. The van der Waals surface area contributed by atoms with Crippen LogP contribution in [0.3, 0.4) is 0 Å². The molecular weight excluding hydrogens is 721 g/mol. The topological polar surface area (TPSA) is 78.9 Å². The van der Waals surface area contributed by atoms with Gasteiger partial charge < -0.3 is 14.2 Å². The number of carbonyl (C=O) groups excluding carboxylic acids is 3. The SMILES string of the molecule is CCCC/C=C\CCCCCCCC(=O)OC[C@H](COC(=O)CCCCCCCCC/C=C\CCCCCCCC)OC(=O)CCCCCCCCCCCCCC. The van der Waals surface area contributed by atoms with Crippen molar-refractivity contribution in [2.24, 2.45) is 0 Å². The molecule has 0 aromatic carbocycles. The number of rotatable bonds is 46. The van der Waals surface area contributed by atoms with Gasteiger partial charge in [-0.1, -0.05) is 212 Å². The lowest BCUT2D eigenvalue weighted by atomic mass is 10.0. The molecular formula is C52H96O6. The number of hydrogen-bond donors (Lipinski definition) is 0. The fourth-order valence-corrected chi connectivity index (χ4v) is 7.30. The molecule has 0 radical (unpaired) electrons. The van der Waals surface area contributed by atoms with Gasteiger partial charge in [0.05, 0.1) is 0 Å². The molecule has 340 valence electrons. The molecule has 0 spiro atoms. The highest BCUT2D eigenvalue weighted by Gasteiger charge is 2.19. The molecule has 0 aromatic rings. The normalized spacial score (nSPS) is 12.1. The summed E-state index contributed by atoms with van der Waals surface area (Å²) in [7, 11) is 0. The van der Waals surface area contributed by atoms with E-state index in [0.717, 1.165) is 64.2 Å². The first-order valence-electron chi connectivity index (χ1n) is 25.3. The van der Waals surface area contributed by atoms with E-state index in [9.17, 15) is 14.4 Å². The Morgan fingerprint density at radius 1 is 0.328 bits per heavy atom. The van der Waals surface area contributed by atoms with Gasteiger partial charge in [0.1, 0.15) is 13.2 Å². The Morgan fingerprint density at radius 3 is 0.914 bits per heavy atom. The zero-order valence-corrected chi connectivity index (χ0v) is 38.8. The average Bonchev–Trinajstić information content (AvgIpc) is 3.22. The van der Waals surface area contributed by atoms with E-state index in [1.165, 1.54) is 167 Å². The molecule has 0 unspecified atom stereocenters. The second-order valence-electron chi connectivity index (χ2n) is 17.1. The zero-order valence-electron chi connectivity index (χ0n) is 38.8. The lowest BCUT2D eigenvalue weighted by molar-refractivity contribution is -0.167. The third-order valence-corrected chi connectivity index (χ3v) is 11.2. The Hall–Kier alpha value is -2.11. The van der Waals surface area contributed by atoms with Gasteiger partial charge in [0.15, 0.2) is 6.10 Å². The molecule has 0 aliphatic heterocycles. The minimum absolute atomic E-state index is 0.0728. The van der Waals surface area contributed by atoms with E-state index in [1.807, 2.05) is 0 Å². The molecule has 0 fully saturated rings. The molecule has 6 heteroatoms. The van der Waals surface area contributed by atoms with Crippen molar-refractivity contribution < 1.29 is 28.6 Å². The minimum atomic E-state index is -0.770. The average molecular weight is 817 g/mol. The Morgan fingerprint density at radius 2 is 0.586 bits per heavy atom. The van der Waals surface area contributed by atoms with Crippen molar-refractivity contribution in [2.75, 3.05) is 13.2 Å². The van der Waals surface area contributed by atoms with Gasteiger partial charge in [-0.05, 0) is 64.2 Å². The molecule has 0 amide bonds. The smallest absolute Gasteiger partial charge is 0.306 e. The van der Waals surface area contributed by atoms with Crippen molar-refractivity contribution in [1.29, 1.82) is 0 Å². The van der Waals surface area contributed by atoms with Crippen molar-refractivity contribution >= 4 is 17.9 Å². The van der Waals surface area contributed by atoms with Crippen LogP contribution in [0.5, 0.6) is 0 Å². The molecule has 0 bridgehead atoms. The Bertz CT molecular complexity index is 942. The highest BCUT2D eigenvalue weighted by Crippen LogP contribution is 2.15. The second-order valence-corrected chi connectivity index (χ2v) is 17.1. The maximum atomic E-state index is 12.7. The molecule has 1 atom stereocenters. The Labute approximate surface area is 360 Å². The van der Waals surface area contributed by atoms with Crippen LogP contribution < -0.4 is 0 Å². The van der Waals surface area contributed by atoms with Crippen LogP contribution in [-0.2, 0) is 28.6 Å². The summed E-state index contributed by atoms with van der Waals surface area (Å²) in [4.78, 5) is 37.9. The Balaban J connectivity index is 4.32. The molecule has 6 nitrogen and oxygen atoms in total. The number of hydrogen-bond acceptors (Lipinski definition) is 6. The monoisotopic (exact) mass is 817 g/mol. The van der Waals surface area contributed by atoms with E-state index in [0.29, 0.717) is 19.3 Å². The number of ether oxygens (including phenoxy) is 3. The first-order valence-corrected chi connectivity index (χ1v) is 25.3. The van der Waals surface area contributed by atoms with E-state index in [4.69, 9.17) is 14.2 Å². The van der Waals surface area contributed by atoms with Crippen LogP contribution >= 0.6 is 0 Å². The van der Waals surface area contributed by atoms with Gasteiger partial charge in [-0.2, -0.15) is 0 Å². The molecule has 0 saturated carbocycles. The quantitative estimate of drug-likeness (QED) is 0.0263. The van der Waals surface area contributed by atoms with Crippen LogP contribution in [0, 0.1) is 0 Å². The molecule has 0 N–H and O–H groups in total. The maximum absolute atomic E-state index is 12.7. The standard InChI is InChI=1S/C52H96O6/c1-4-7-10-13-16-19-22-24-25-26-27-28-31-33-36-39-42-45-51(54)57-48-49(47-56-50(53)44-41-38-35-32-29-21-18-15-12-9-6-3)58-52(55)46-43-40-37-34-30-23-20-17-14-11-8-5-2/h15,18,24-25,49H,4-14,16-17,19-23,26-48H2,1-3H3/b18-15-,25-24-/t49-/m1/s1. The number of allylic oxidation sites excluding steroid dienone is 4. The summed E-state index contributed by atoms with van der Waals surface area (Å²) in [6.07, 6.45) is 53.0. The summed E-state index contributed by atoms with van der Waals surface area (Å²) in [6.45, 7) is 6.60. The van der Waals surface area contributed by atoms with Gasteiger partial charge in [-0.15, -0.1) is 0 Å². The molecule has 0 aliphatic carbocycles. The Kier molecular flexibility index (Phi) is 45.8. The fourth-order valence-electron chi connectivity index (χ4n) is 7.30. The number of esters is 3. The van der Waals surface area contributed by atoms with Gasteiger partial charge in [-0.25, -0.2) is 0 Å². The summed E-state index contributed by atoms with van der Waals surface area (Å²) in [5.74, 6) is -0.877. The third kappa shape index (κ3) is 45.0. The molecule has 0 aliphatic rings. The first kappa shape index (κ1) is 55.9. The predicted octanol–water partition coefficient (Wildman–Crippen LogP) is 16.4. The van der Waals surface area contributed by atoms with Gasteiger partial charge in [0, 0.05) is 19.3 Å². The molecule has 0 rings (SSSR count). The second kappa shape index (κ2) is 47.6. The van der Waals surface area contributed by atoms with E-state index in [1.54, 1.807) is 0 Å². The van der Waals surface area contributed by atoms with Gasteiger partial charge in [0.2, 0.25) is 0 Å². The van der Waals surface area contributed by atoms with Crippen LogP contribution in [0.15, 0.2) is 24.3 Å². The molecule has 0 saturated heterocycles. The van der Waals surface area contributed by atoms with Gasteiger partial charge in [-0.3, -0.25) is 14.4 Å². The van der Waals surface area contributed by atoms with E-state index in [-0.39, 0.29) is 31.1 Å². The fraction of sp³-hybridized carbons (Fsp3) is 0.865. The van der Waals surface area contributed by atoms with E-state index < -0.39 is 6.10 Å². The van der Waals surface area contributed by atoms with Crippen LogP contribution in [-0.4, -0.2) is 37.2 Å². The van der Waals surface area contributed by atoms with Crippen molar-refractivity contribution in [1.82, 2.24) is 0 Å². The summed E-state index contributed by atoms with van der Waals surface area (Å²) in [5, 5.41) is 0. The number of unbranched alkanes of at least 4 members (excludes halogenated alkanes) is 31. The van der Waals surface area contributed by atoms with E-state index in [2.05, 4.69) is 45.1 Å². The lowest BCUT2D eigenvalue weighted by Gasteiger charge is -2.18. The summed E-state index contributed by atoms with van der Waals surface area (Å²) in [5.41, 5.74) is 0. The highest BCUT2D eigenvalue weighted by molar-refractivity contribution is 5.71. The van der Waals surface area contributed by atoms with Crippen molar-refractivity contribution in [3.63, 3.8) is 0 Å². The highest BCUT2D eigenvalue weighted by atomic mass is 16.6. The molecule has 0 heterocycles. The van der Waals surface area contributed by atoms with Crippen molar-refractivity contribution in [3.05, 3.63) is 24.3 Å². The lowest BCUT2D eigenvalue weighted by Crippen LogP contribution is -2.30.